The highest BCUT2D eigenvalue weighted by Gasteiger charge is 2.25. The molecule has 0 aliphatic carbocycles. The highest BCUT2D eigenvalue weighted by Crippen LogP contribution is 2.31. The van der Waals surface area contributed by atoms with Gasteiger partial charge in [-0.15, -0.1) is 0 Å². The van der Waals surface area contributed by atoms with Crippen LogP contribution in [-0.4, -0.2) is 42.0 Å². The average Bonchev–Trinajstić information content (AvgIpc) is 2.65. The van der Waals surface area contributed by atoms with E-state index in [4.69, 9.17) is 0 Å². The number of aliphatic hydroxyl groups excluding tert-OH is 1. The van der Waals surface area contributed by atoms with Crippen LogP contribution in [-0.2, 0) is 20.8 Å². The van der Waals surface area contributed by atoms with Crippen molar-refractivity contribution in [2.24, 2.45) is 11.3 Å². The van der Waals surface area contributed by atoms with Crippen molar-refractivity contribution in [3.63, 3.8) is 0 Å². The van der Waals surface area contributed by atoms with E-state index >= 15 is 0 Å². The minimum absolute atomic E-state index is 0.0459. The standard InChI is InChI=1S/C22H33N3O4/c1-14(2)21(29)25-12-6-7-15-8-9-16(13-17(15)25)24-20(28)19(27)23-11-10-18(26)22(3,4)5/h8-9,13-14,18,26H,6-7,10-12H2,1-5H3,(H,23,27)(H,24,28). The zero-order valence-corrected chi connectivity index (χ0v) is 18.0. The van der Waals surface area contributed by atoms with Gasteiger partial charge in [0.2, 0.25) is 5.91 Å². The van der Waals surface area contributed by atoms with Crippen LogP contribution in [0.15, 0.2) is 18.2 Å². The van der Waals surface area contributed by atoms with Gasteiger partial charge in [0.15, 0.2) is 0 Å². The minimum Gasteiger partial charge on any atom is -0.393 e. The van der Waals surface area contributed by atoms with Gasteiger partial charge in [-0.25, -0.2) is 0 Å². The van der Waals surface area contributed by atoms with Crippen LogP contribution in [0.3, 0.4) is 0 Å². The van der Waals surface area contributed by atoms with E-state index in [9.17, 15) is 19.5 Å². The first-order valence-electron chi connectivity index (χ1n) is 10.2. The van der Waals surface area contributed by atoms with E-state index in [1.54, 1.807) is 17.0 Å². The summed E-state index contributed by atoms with van der Waals surface area (Å²) in [6.07, 6.45) is 1.58. The lowest BCUT2D eigenvalue weighted by atomic mass is 9.87. The van der Waals surface area contributed by atoms with E-state index in [2.05, 4.69) is 10.6 Å². The van der Waals surface area contributed by atoms with Gasteiger partial charge in [0, 0.05) is 30.4 Å². The highest BCUT2D eigenvalue weighted by atomic mass is 16.3. The molecule has 29 heavy (non-hydrogen) atoms. The first kappa shape index (κ1) is 22.9. The Labute approximate surface area is 172 Å². The fraction of sp³-hybridized carbons (Fsp3) is 0.591. The second-order valence-corrected chi connectivity index (χ2v) is 8.97. The normalized spacial score (nSPS) is 14.9. The molecule has 3 amide bonds. The van der Waals surface area contributed by atoms with Crippen molar-refractivity contribution in [2.45, 2.75) is 60.0 Å². The molecule has 0 bridgehead atoms. The molecule has 1 atom stereocenters. The average molecular weight is 404 g/mol. The van der Waals surface area contributed by atoms with E-state index in [0.29, 0.717) is 18.7 Å². The first-order valence-corrected chi connectivity index (χ1v) is 10.2. The molecule has 0 fully saturated rings. The second kappa shape index (κ2) is 9.39. The number of aryl methyl sites for hydroxylation is 1. The van der Waals surface area contributed by atoms with Crippen LogP contribution in [0.4, 0.5) is 11.4 Å². The van der Waals surface area contributed by atoms with Crippen LogP contribution in [0.5, 0.6) is 0 Å². The molecular weight excluding hydrogens is 370 g/mol. The Morgan fingerprint density at radius 2 is 1.86 bits per heavy atom. The summed E-state index contributed by atoms with van der Waals surface area (Å²) in [5.74, 6) is -1.59. The maximum atomic E-state index is 12.5. The number of hydrogen-bond acceptors (Lipinski definition) is 4. The Morgan fingerprint density at radius 3 is 2.48 bits per heavy atom. The van der Waals surface area contributed by atoms with Crippen molar-refractivity contribution < 1.29 is 19.5 Å². The fourth-order valence-corrected chi connectivity index (χ4v) is 3.22. The summed E-state index contributed by atoms with van der Waals surface area (Å²) < 4.78 is 0. The number of benzene rings is 1. The molecular formula is C22H33N3O4. The smallest absolute Gasteiger partial charge is 0.313 e. The minimum atomic E-state index is -0.771. The molecule has 160 valence electrons. The first-order chi connectivity index (χ1) is 13.5. The number of amides is 3. The number of hydrogen-bond donors (Lipinski definition) is 3. The molecule has 0 saturated carbocycles. The van der Waals surface area contributed by atoms with Crippen LogP contribution in [0.2, 0.25) is 0 Å². The lowest BCUT2D eigenvalue weighted by molar-refractivity contribution is -0.136. The SMILES string of the molecule is CC(C)C(=O)N1CCCc2ccc(NC(=O)C(=O)NCCC(O)C(C)(C)C)cc21. The zero-order valence-electron chi connectivity index (χ0n) is 18.0. The number of nitrogens with zero attached hydrogens (tertiary/aromatic N) is 1. The van der Waals surface area contributed by atoms with Gasteiger partial charge >= 0.3 is 11.8 Å². The molecule has 3 N–H and O–H groups in total. The van der Waals surface area contributed by atoms with Crippen molar-refractivity contribution in [1.29, 1.82) is 0 Å². The molecule has 1 unspecified atom stereocenters. The molecule has 0 radical (unpaired) electrons. The number of aliphatic hydroxyl groups is 1. The van der Waals surface area contributed by atoms with E-state index < -0.39 is 17.9 Å². The number of rotatable bonds is 5. The van der Waals surface area contributed by atoms with Gasteiger partial charge < -0.3 is 20.6 Å². The number of fused-ring (bicyclic) bond motifs is 1. The van der Waals surface area contributed by atoms with E-state index in [1.165, 1.54) is 0 Å². The zero-order chi connectivity index (χ0) is 21.8. The van der Waals surface area contributed by atoms with Gasteiger partial charge in [-0.3, -0.25) is 14.4 Å². The van der Waals surface area contributed by atoms with Crippen LogP contribution < -0.4 is 15.5 Å². The number of carbonyl (C=O) groups is 3. The van der Waals surface area contributed by atoms with Gasteiger partial charge in [0.1, 0.15) is 0 Å². The largest absolute Gasteiger partial charge is 0.393 e. The third-order valence-corrected chi connectivity index (χ3v) is 5.13. The lowest BCUT2D eigenvalue weighted by Crippen LogP contribution is -2.39. The summed E-state index contributed by atoms with van der Waals surface area (Å²) in [7, 11) is 0. The van der Waals surface area contributed by atoms with Crippen molar-refractivity contribution in [3.8, 4) is 0 Å². The Balaban J connectivity index is 1.99. The van der Waals surface area contributed by atoms with Crippen molar-refractivity contribution in [1.82, 2.24) is 5.32 Å². The predicted molar refractivity (Wildman–Crippen MR) is 114 cm³/mol. The second-order valence-electron chi connectivity index (χ2n) is 8.97. The number of carbonyl (C=O) groups excluding carboxylic acids is 3. The topological polar surface area (TPSA) is 98.7 Å². The van der Waals surface area contributed by atoms with Crippen molar-refractivity contribution >= 4 is 29.1 Å². The summed E-state index contributed by atoms with van der Waals surface area (Å²) in [6, 6.07) is 5.39. The molecule has 1 aliphatic heterocycles. The van der Waals surface area contributed by atoms with E-state index in [1.807, 2.05) is 40.7 Å². The van der Waals surface area contributed by atoms with Crippen LogP contribution in [0.1, 0.15) is 53.0 Å². The van der Waals surface area contributed by atoms with Gasteiger partial charge in [-0.1, -0.05) is 40.7 Å². The molecule has 2 rings (SSSR count). The van der Waals surface area contributed by atoms with Gasteiger partial charge in [-0.2, -0.15) is 0 Å². The van der Waals surface area contributed by atoms with E-state index in [0.717, 1.165) is 24.1 Å². The summed E-state index contributed by atoms with van der Waals surface area (Å²) in [5.41, 5.74) is 2.04. The summed E-state index contributed by atoms with van der Waals surface area (Å²) in [6.45, 7) is 10.3. The molecule has 1 aliphatic rings. The molecule has 0 spiro atoms. The van der Waals surface area contributed by atoms with Gasteiger partial charge in [0.05, 0.1) is 6.10 Å². The highest BCUT2D eigenvalue weighted by molar-refractivity contribution is 6.39. The molecule has 1 aromatic carbocycles. The summed E-state index contributed by atoms with van der Waals surface area (Å²) >= 11 is 0. The number of nitrogens with one attached hydrogen (secondary N) is 2. The van der Waals surface area contributed by atoms with E-state index in [-0.39, 0.29) is 23.8 Å². The lowest BCUT2D eigenvalue weighted by Gasteiger charge is -2.31. The third-order valence-electron chi connectivity index (χ3n) is 5.13. The molecule has 7 heteroatoms. The summed E-state index contributed by atoms with van der Waals surface area (Å²) in [5, 5.41) is 15.1. The molecule has 7 nitrogen and oxygen atoms in total. The van der Waals surface area contributed by atoms with Crippen molar-refractivity contribution in [2.75, 3.05) is 23.3 Å². The molecule has 1 heterocycles. The summed E-state index contributed by atoms with van der Waals surface area (Å²) in [4.78, 5) is 38.5. The Kier molecular flexibility index (Phi) is 7.41. The molecule has 1 aromatic rings. The predicted octanol–water partition coefficient (Wildman–Crippen LogP) is 2.47. The molecule has 0 saturated heterocycles. The Hall–Kier alpha value is -2.41. The van der Waals surface area contributed by atoms with Gasteiger partial charge in [0.25, 0.3) is 0 Å². The maximum Gasteiger partial charge on any atom is 0.313 e. The molecule has 0 aromatic heterocycles. The van der Waals surface area contributed by atoms with Gasteiger partial charge in [-0.05, 0) is 42.4 Å². The van der Waals surface area contributed by atoms with Crippen molar-refractivity contribution in [3.05, 3.63) is 23.8 Å². The Morgan fingerprint density at radius 1 is 1.17 bits per heavy atom. The fourth-order valence-electron chi connectivity index (χ4n) is 3.22. The van der Waals surface area contributed by atoms with Crippen LogP contribution >= 0.6 is 0 Å². The van der Waals surface area contributed by atoms with Crippen LogP contribution in [0, 0.1) is 11.3 Å². The Bertz CT molecular complexity index is 768. The third kappa shape index (κ3) is 6.03. The quantitative estimate of drug-likeness (QED) is 0.658. The number of anilines is 2. The maximum absolute atomic E-state index is 12.5. The monoisotopic (exact) mass is 403 g/mol. The van der Waals surface area contributed by atoms with Crippen LogP contribution in [0.25, 0.3) is 0 Å².